The average Bonchev–Trinajstić information content (AvgIpc) is 2.38. The van der Waals surface area contributed by atoms with E-state index >= 15 is 0 Å². The lowest BCUT2D eigenvalue weighted by Gasteiger charge is -2.17. The Balaban J connectivity index is 1.82. The molecule has 1 aromatic carbocycles. The van der Waals surface area contributed by atoms with Gasteiger partial charge in [-0.2, -0.15) is 0 Å². The molecule has 1 aromatic rings. The molecule has 2 rings (SSSR count). The minimum Gasteiger partial charge on any atom is -0.460 e. The van der Waals surface area contributed by atoms with Crippen LogP contribution in [0.2, 0.25) is 0 Å². The molecule has 1 aliphatic heterocycles. The van der Waals surface area contributed by atoms with E-state index in [1.165, 1.54) is 0 Å². The lowest BCUT2D eigenvalue weighted by atomic mass is 10.1. The van der Waals surface area contributed by atoms with Crippen molar-refractivity contribution in [2.24, 2.45) is 10.9 Å². The predicted octanol–water partition coefficient (Wildman–Crippen LogP) is 0.977. The van der Waals surface area contributed by atoms with Gasteiger partial charge in [-0.1, -0.05) is 30.3 Å². The Bertz CT molecular complexity index is 376. The third-order valence-corrected chi connectivity index (χ3v) is 2.43. The minimum atomic E-state index is -0.187. The van der Waals surface area contributed by atoms with Crippen LogP contribution in [0.15, 0.2) is 35.3 Å². The topological polar surface area (TPSA) is 50.7 Å². The van der Waals surface area contributed by atoms with E-state index in [-0.39, 0.29) is 11.9 Å². The van der Waals surface area contributed by atoms with Gasteiger partial charge in [-0.05, 0) is 5.56 Å². The van der Waals surface area contributed by atoms with Crippen molar-refractivity contribution in [3.8, 4) is 0 Å². The summed E-state index contributed by atoms with van der Waals surface area (Å²) in [4.78, 5) is 15.6. The van der Waals surface area contributed by atoms with E-state index in [1.807, 2.05) is 30.3 Å². The van der Waals surface area contributed by atoms with Crippen LogP contribution in [-0.4, -0.2) is 25.4 Å². The summed E-state index contributed by atoms with van der Waals surface area (Å²) < 4.78 is 5.21. The molecule has 4 nitrogen and oxygen atoms in total. The maximum atomic E-state index is 11.6. The molecule has 16 heavy (non-hydrogen) atoms. The van der Waals surface area contributed by atoms with E-state index in [4.69, 9.17) is 4.74 Å². The molecular formula is C12H14N2O2. The second kappa shape index (κ2) is 5.30. The van der Waals surface area contributed by atoms with Crippen LogP contribution in [-0.2, 0) is 16.1 Å². The average molecular weight is 218 g/mol. The van der Waals surface area contributed by atoms with Crippen molar-refractivity contribution in [1.29, 1.82) is 0 Å². The van der Waals surface area contributed by atoms with Gasteiger partial charge in [0.05, 0.1) is 18.8 Å². The van der Waals surface area contributed by atoms with E-state index < -0.39 is 0 Å². The van der Waals surface area contributed by atoms with Crippen LogP contribution < -0.4 is 5.32 Å². The molecule has 1 heterocycles. The SMILES string of the molecule is O=C(OCc1ccccc1)C1CN=CNC1. The number of ether oxygens (including phenoxy) is 1. The van der Waals surface area contributed by atoms with Crippen LogP contribution in [0.5, 0.6) is 0 Å². The Morgan fingerprint density at radius 2 is 2.25 bits per heavy atom. The number of hydrogen-bond acceptors (Lipinski definition) is 4. The molecule has 0 bridgehead atoms. The van der Waals surface area contributed by atoms with Gasteiger partial charge in [-0.25, -0.2) is 0 Å². The summed E-state index contributed by atoms with van der Waals surface area (Å²) in [5, 5.41) is 2.92. The molecule has 1 unspecified atom stereocenters. The number of esters is 1. The molecular weight excluding hydrogens is 204 g/mol. The number of carbonyl (C=O) groups excluding carboxylic acids is 1. The highest BCUT2D eigenvalue weighted by atomic mass is 16.5. The lowest BCUT2D eigenvalue weighted by Crippen LogP contribution is -2.34. The summed E-state index contributed by atoms with van der Waals surface area (Å²) in [5.74, 6) is -0.345. The molecule has 0 aliphatic carbocycles. The zero-order chi connectivity index (χ0) is 11.2. The quantitative estimate of drug-likeness (QED) is 0.769. The number of nitrogens with one attached hydrogen (secondary N) is 1. The highest BCUT2D eigenvalue weighted by molar-refractivity contribution is 5.74. The summed E-state index contributed by atoms with van der Waals surface area (Å²) >= 11 is 0. The van der Waals surface area contributed by atoms with Gasteiger partial charge in [0, 0.05) is 6.54 Å². The fourth-order valence-electron chi connectivity index (χ4n) is 1.51. The largest absolute Gasteiger partial charge is 0.460 e. The first-order valence-electron chi connectivity index (χ1n) is 5.28. The first-order chi connectivity index (χ1) is 7.86. The summed E-state index contributed by atoms with van der Waals surface area (Å²) in [6.07, 6.45) is 1.63. The van der Waals surface area contributed by atoms with Crippen molar-refractivity contribution < 1.29 is 9.53 Å². The highest BCUT2D eigenvalue weighted by Crippen LogP contribution is 2.06. The highest BCUT2D eigenvalue weighted by Gasteiger charge is 2.20. The minimum absolute atomic E-state index is 0.159. The third kappa shape index (κ3) is 2.82. The molecule has 0 saturated carbocycles. The van der Waals surface area contributed by atoms with Gasteiger partial charge in [-0.3, -0.25) is 9.79 Å². The zero-order valence-corrected chi connectivity index (χ0v) is 8.93. The van der Waals surface area contributed by atoms with Gasteiger partial charge in [0.25, 0.3) is 0 Å². The molecule has 0 fully saturated rings. The van der Waals surface area contributed by atoms with Crippen molar-refractivity contribution >= 4 is 12.3 Å². The molecule has 84 valence electrons. The van der Waals surface area contributed by atoms with E-state index in [0.717, 1.165) is 5.56 Å². The number of hydrogen-bond donors (Lipinski definition) is 1. The smallest absolute Gasteiger partial charge is 0.312 e. The second-order valence-corrected chi connectivity index (χ2v) is 3.69. The Morgan fingerprint density at radius 3 is 2.94 bits per heavy atom. The Labute approximate surface area is 94.3 Å². The van der Waals surface area contributed by atoms with Crippen LogP contribution in [0.3, 0.4) is 0 Å². The molecule has 0 amide bonds. The molecule has 1 atom stereocenters. The predicted molar refractivity (Wildman–Crippen MR) is 61.1 cm³/mol. The summed E-state index contributed by atoms with van der Waals surface area (Å²) in [6.45, 7) is 1.46. The fourth-order valence-corrected chi connectivity index (χ4v) is 1.51. The van der Waals surface area contributed by atoms with E-state index in [9.17, 15) is 4.79 Å². The Morgan fingerprint density at radius 1 is 1.44 bits per heavy atom. The standard InChI is InChI=1S/C12H14N2O2/c15-12(11-6-13-9-14-7-11)16-8-10-4-2-1-3-5-10/h1-5,9,11H,6-8H2,(H,13,14). The maximum absolute atomic E-state index is 11.6. The summed E-state index contributed by atoms with van der Waals surface area (Å²) in [5.41, 5.74) is 1.00. The van der Waals surface area contributed by atoms with Gasteiger partial charge < -0.3 is 10.1 Å². The van der Waals surface area contributed by atoms with Crippen molar-refractivity contribution in [3.05, 3.63) is 35.9 Å². The number of rotatable bonds is 3. The van der Waals surface area contributed by atoms with Crippen molar-refractivity contribution in [3.63, 3.8) is 0 Å². The molecule has 0 radical (unpaired) electrons. The van der Waals surface area contributed by atoms with Crippen LogP contribution >= 0.6 is 0 Å². The van der Waals surface area contributed by atoms with Crippen LogP contribution in [0.4, 0.5) is 0 Å². The lowest BCUT2D eigenvalue weighted by molar-refractivity contribution is -0.149. The third-order valence-electron chi connectivity index (χ3n) is 2.43. The van der Waals surface area contributed by atoms with E-state index in [2.05, 4.69) is 10.3 Å². The van der Waals surface area contributed by atoms with Crippen LogP contribution in [0, 0.1) is 5.92 Å². The number of nitrogens with zero attached hydrogens (tertiary/aromatic N) is 1. The molecule has 0 saturated heterocycles. The van der Waals surface area contributed by atoms with E-state index in [0.29, 0.717) is 19.7 Å². The molecule has 0 aromatic heterocycles. The van der Waals surface area contributed by atoms with Crippen LogP contribution in [0.1, 0.15) is 5.56 Å². The number of aliphatic imine (C=N–C) groups is 1. The van der Waals surface area contributed by atoms with Gasteiger partial charge >= 0.3 is 5.97 Å². The maximum Gasteiger partial charge on any atom is 0.312 e. The second-order valence-electron chi connectivity index (χ2n) is 3.69. The van der Waals surface area contributed by atoms with Gasteiger partial charge in [-0.15, -0.1) is 0 Å². The van der Waals surface area contributed by atoms with Crippen molar-refractivity contribution in [1.82, 2.24) is 5.32 Å². The monoisotopic (exact) mass is 218 g/mol. The Hall–Kier alpha value is -1.84. The van der Waals surface area contributed by atoms with Crippen molar-refractivity contribution in [2.75, 3.05) is 13.1 Å². The summed E-state index contributed by atoms with van der Waals surface area (Å²) in [6, 6.07) is 9.66. The van der Waals surface area contributed by atoms with E-state index in [1.54, 1.807) is 6.34 Å². The fraction of sp³-hybridized carbons (Fsp3) is 0.333. The van der Waals surface area contributed by atoms with Crippen molar-refractivity contribution in [2.45, 2.75) is 6.61 Å². The number of benzene rings is 1. The normalized spacial score (nSPS) is 18.9. The molecule has 4 heteroatoms. The van der Waals surface area contributed by atoms with Gasteiger partial charge in [0.15, 0.2) is 0 Å². The van der Waals surface area contributed by atoms with Crippen LogP contribution in [0.25, 0.3) is 0 Å². The Kier molecular flexibility index (Phi) is 3.53. The van der Waals surface area contributed by atoms with Gasteiger partial charge in [0.1, 0.15) is 6.61 Å². The van der Waals surface area contributed by atoms with Gasteiger partial charge in [0.2, 0.25) is 0 Å². The molecule has 1 N–H and O–H groups in total. The summed E-state index contributed by atoms with van der Waals surface area (Å²) in [7, 11) is 0. The number of carbonyl (C=O) groups is 1. The molecule has 1 aliphatic rings. The zero-order valence-electron chi connectivity index (χ0n) is 8.93. The first-order valence-corrected chi connectivity index (χ1v) is 5.28. The first kappa shape index (κ1) is 10.7. The molecule has 0 spiro atoms.